The Morgan fingerprint density at radius 1 is 1.39 bits per heavy atom. The number of hydrogen-bond donors (Lipinski definition) is 2. The van der Waals surface area contributed by atoms with Gasteiger partial charge in [0.25, 0.3) is 5.91 Å². The minimum Gasteiger partial charge on any atom is -0.335 e. The summed E-state index contributed by atoms with van der Waals surface area (Å²) in [6.07, 6.45) is 4.50. The highest BCUT2D eigenvalue weighted by atomic mass is 16.2. The summed E-state index contributed by atoms with van der Waals surface area (Å²) in [4.78, 5) is 14.2. The second-order valence-corrected chi connectivity index (χ2v) is 4.65. The van der Waals surface area contributed by atoms with E-state index in [0.29, 0.717) is 11.5 Å². The van der Waals surface area contributed by atoms with Crippen LogP contribution < -0.4 is 11.3 Å². The van der Waals surface area contributed by atoms with Gasteiger partial charge in [-0.1, -0.05) is 12.8 Å². The molecule has 1 aromatic heterocycles. The summed E-state index contributed by atoms with van der Waals surface area (Å²) in [5, 5.41) is 7.73. The van der Waals surface area contributed by atoms with Crippen molar-refractivity contribution in [2.75, 3.05) is 12.0 Å². The molecule has 1 unspecified atom stereocenters. The maximum atomic E-state index is 12.3. The quantitative estimate of drug-likeness (QED) is 0.607. The van der Waals surface area contributed by atoms with Crippen molar-refractivity contribution in [2.24, 2.45) is 5.84 Å². The second-order valence-electron chi connectivity index (χ2n) is 4.65. The predicted octanol–water partition coefficient (Wildman–Crippen LogP) is 1.17. The van der Waals surface area contributed by atoms with E-state index in [1.165, 1.54) is 12.8 Å². The Morgan fingerprint density at radius 3 is 2.89 bits per heavy atom. The topological polar surface area (TPSA) is 84.1 Å². The van der Waals surface area contributed by atoms with Crippen LogP contribution in [-0.2, 0) is 0 Å². The highest BCUT2D eigenvalue weighted by molar-refractivity contribution is 5.92. The zero-order chi connectivity index (χ0) is 13.0. The van der Waals surface area contributed by atoms with E-state index < -0.39 is 0 Å². The van der Waals surface area contributed by atoms with Crippen LogP contribution in [0.4, 0.5) is 5.82 Å². The van der Waals surface area contributed by atoms with Crippen LogP contribution in [0.3, 0.4) is 0 Å². The molecule has 0 bridgehead atoms. The maximum Gasteiger partial charge on any atom is 0.274 e. The van der Waals surface area contributed by atoms with Gasteiger partial charge in [0.2, 0.25) is 0 Å². The lowest BCUT2D eigenvalue weighted by Crippen LogP contribution is -2.38. The fourth-order valence-electron chi connectivity index (χ4n) is 2.25. The number of amides is 1. The summed E-state index contributed by atoms with van der Waals surface area (Å²) < 4.78 is 0. The summed E-state index contributed by atoms with van der Waals surface area (Å²) in [7, 11) is 0. The zero-order valence-electron chi connectivity index (χ0n) is 10.6. The Hall–Kier alpha value is -1.69. The van der Waals surface area contributed by atoms with Crippen LogP contribution in [0.5, 0.6) is 0 Å². The van der Waals surface area contributed by atoms with Gasteiger partial charge in [-0.15, -0.1) is 10.2 Å². The van der Waals surface area contributed by atoms with E-state index in [0.717, 1.165) is 19.4 Å². The minimum atomic E-state index is -0.0412. The molecule has 0 aromatic carbocycles. The van der Waals surface area contributed by atoms with Crippen molar-refractivity contribution in [3.05, 3.63) is 17.8 Å². The summed E-state index contributed by atoms with van der Waals surface area (Å²) in [6, 6.07) is 3.58. The monoisotopic (exact) mass is 249 g/mol. The molecule has 1 saturated heterocycles. The third-order valence-electron chi connectivity index (χ3n) is 3.35. The fourth-order valence-corrected chi connectivity index (χ4v) is 2.25. The van der Waals surface area contributed by atoms with Crippen molar-refractivity contribution >= 4 is 11.7 Å². The average Bonchev–Trinajstić information content (AvgIpc) is 2.63. The average molecular weight is 249 g/mol. The first kappa shape index (κ1) is 12.8. The molecule has 0 saturated carbocycles. The molecule has 0 spiro atoms. The van der Waals surface area contributed by atoms with Crippen molar-refractivity contribution in [3.63, 3.8) is 0 Å². The summed E-state index contributed by atoms with van der Waals surface area (Å²) in [5.74, 6) is 5.63. The van der Waals surface area contributed by atoms with Crippen molar-refractivity contribution in [1.82, 2.24) is 15.1 Å². The number of nitrogens with zero attached hydrogens (tertiary/aromatic N) is 3. The lowest BCUT2D eigenvalue weighted by molar-refractivity contribution is 0.0690. The van der Waals surface area contributed by atoms with Crippen molar-refractivity contribution in [1.29, 1.82) is 0 Å². The number of hydrazine groups is 1. The molecule has 1 atom stereocenters. The first-order valence-corrected chi connectivity index (χ1v) is 6.33. The van der Waals surface area contributed by atoms with Crippen LogP contribution >= 0.6 is 0 Å². The molecule has 2 heterocycles. The van der Waals surface area contributed by atoms with Crippen molar-refractivity contribution in [2.45, 2.75) is 38.6 Å². The molecule has 1 aliphatic rings. The number of nitrogens with one attached hydrogen (secondary N) is 1. The molecule has 1 aliphatic heterocycles. The highest BCUT2D eigenvalue weighted by Gasteiger charge is 2.24. The first-order chi connectivity index (χ1) is 8.72. The molecule has 2 rings (SSSR count). The summed E-state index contributed by atoms with van der Waals surface area (Å²) >= 11 is 0. The Balaban J connectivity index is 2.13. The molecule has 3 N–H and O–H groups in total. The van der Waals surface area contributed by atoms with E-state index in [-0.39, 0.29) is 11.9 Å². The maximum absolute atomic E-state index is 12.3. The highest BCUT2D eigenvalue weighted by Crippen LogP contribution is 2.18. The molecular weight excluding hydrogens is 230 g/mol. The third kappa shape index (κ3) is 2.76. The van der Waals surface area contributed by atoms with E-state index >= 15 is 0 Å². The molecule has 1 aromatic rings. The van der Waals surface area contributed by atoms with Crippen LogP contribution in [0.1, 0.15) is 43.1 Å². The van der Waals surface area contributed by atoms with Crippen molar-refractivity contribution < 1.29 is 4.79 Å². The number of nitrogens with two attached hydrogens (primary N) is 1. The van der Waals surface area contributed by atoms with Gasteiger partial charge in [0.05, 0.1) is 0 Å². The van der Waals surface area contributed by atoms with Gasteiger partial charge in [0.15, 0.2) is 11.5 Å². The normalized spacial score (nSPS) is 20.3. The smallest absolute Gasteiger partial charge is 0.274 e. The van der Waals surface area contributed by atoms with Gasteiger partial charge >= 0.3 is 0 Å². The number of nitrogen functional groups attached to an aromatic ring is 1. The van der Waals surface area contributed by atoms with Crippen LogP contribution in [0, 0.1) is 0 Å². The molecule has 0 radical (unpaired) electrons. The number of carbonyl (C=O) groups excluding carboxylic acids is 1. The molecule has 98 valence electrons. The van der Waals surface area contributed by atoms with Gasteiger partial charge < -0.3 is 10.3 Å². The Labute approximate surface area is 107 Å². The van der Waals surface area contributed by atoms with Crippen LogP contribution in [0.2, 0.25) is 0 Å². The standard InChI is InChI=1S/C12H19N5O/c1-9-5-3-2-4-8-17(9)12(18)10-6-7-11(14-13)16-15-10/h6-7,9H,2-5,8,13H2,1H3,(H,14,16). The number of aromatic nitrogens is 2. The zero-order valence-corrected chi connectivity index (χ0v) is 10.6. The second kappa shape index (κ2) is 5.77. The van der Waals surface area contributed by atoms with E-state index in [1.54, 1.807) is 12.1 Å². The van der Waals surface area contributed by atoms with Crippen molar-refractivity contribution in [3.8, 4) is 0 Å². The lowest BCUT2D eigenvalue weighted by Gasteiger charge is -2.26. The number of anilines is 1. The molecule has 18 heavy (non-hydrogen) atoms. The number of rotatable bonds is 2. The Bertz CT molecular complexity index is 405. The predicted molar refractivity (Wildman–Crippen MR) is 68.8 cm³/mol. The van der Waals surface area contributed by atoms with E-state index in [1.807, 2.05) is 4.90 Å². The summed E-state index contributed by atoms with van der Waals surface area (Å²) in [6.45, 7) is 2.89. The molecular formula is C12H19N5O. The first-order valence-electron chi connectivity index (χ1n) is 6.33. The van der Waals surface area contributed by atoms with Crippen LogP contribution in [0.15, 0.2) is 12.1 Å². The van der Waals surface area contributed by atoms with Gasteiger partial charge in [0.1, 0.15) is 0 Å². The SMILES string of the molecule is CC1CCCCCN1C(=O)c1ccc(NN)nn1. The molecule has 6 heteroatoms. The lowest BCUT2D eigenvalue weighted by atomic mass is 10.1. The molecule has 1 amide bonds. The molecule has 1 fully saturated rings. The Morgan fingerprint density at radius 2 is 2.22 bits per heavy atom. The summed E-state index contributed by atoms with van der Waals surface area (Å²) in [5.41, 5.74) is 2.77. The van der Waals surface area contributed by atoms with Gasteiger partial charge in [-0.05, 0) is 31.9 Å². The van der Waals surface area contributed by atoms with Gasteiger partial charge in [-0.3, -0.25) is 4.79 Å². The van der Waals surface area contributed by atoms with E-state index in [2.05, 4.69) is 22.5 Å². The van der Waals surface area contributed by atoms with E-state index in [9.17, 15) is 4.79 Å². The number of carbonyl (C=O) groups is 1. The van der Waals surface area contributed by atoms with E-state index in [4.69, 9.17) is 5.84 Å². The third-order valence-corrected chi connectivity index (χ3v) is 3.35. The van der Waals surface area contributed by atoms with Crippen LogP contribution in [-0.4, -0.2) is 33.6 Å². The largest absolute Gasteiger partial charge is 0.335 e. The number of hydrogen-bond acceptors (Lipinski definition) is 5. The Kier molecular flexibility index (Phi) is 4.09. The fraction of sp³-hybridized carbons (Fsp3) is 0.583. The molecule has 6 nitrogen and oxygen atoms in total. The van der Waals surface area contributed by atoms with Gasteiger partial charge in [0, 0.05) is 12.6 Å². The number of likely N-dealkylation sites (tertiary alicyclic amines) is 1. The minimum absolute atomic E-state index is 0.0412. The van der Waals surface area contributed by atoms with Crippen LogP contribution in [0.25, 0.3) is 0 Å². The van der Waals surface area contributed by atoms with Gasteiger partial charge in [-0.2, -0.15) is 0 Å². The van der Waals surface area contributed by atoms with Gasteiger partial charge in [-0.25, -0.2) is 5.84 Å². The molecule has 0 aliphatic carbocycles.